The van der Waals surface area contributed by atoms with Gasteiger partial charge in [-0.1, -0.05) is 60.2 Å². The monoisotopic (exact) mass is 325 g/mol. The number of hydrogen-bond acceptors (Lipinski definition) is 4. The number of carbonyl (C=O) groups excluding carboxylic acids is 1. The first-order valence-corrected chi connectivity index (χ1v) is 7.98. The van der Waals surface area contributed by atoms with E-state index < -0.39 is 11.8 Å². The first kappa shape index (κ1) is 16.2. The molecule has 2 aromatic rings. The third kappa shape index (κ3) is 3.45. The fourth-order valence-electron chi connectivity index (χ4n) is 3.24. The van der Waals surface area contributed by atoms with Crippen LogP contribution in [0, 0.1) is 23.0 Å². The quantitative estimate of drug-likeness (QED) is 0.478. The van der Waals surface area contributed by atoms with Gasteiger partial charge in [-0.25, -0.2) is 0 Å². The maximum atomic E-state index is 12.4. The van der Waals surface area contributed by atoms with E-state index in [1.807, 2.05) is 61.5 Å². The minimum atomic E-state index is -0.497. The van der Waals surface area contributed by atoms with Crippen LogP contribution in [-0.4, -0.2) is 17.4 Å². The Morgan fingerprint density at radius 1 is 1.17 bits per heavy atom. The van der Waals surface area contributed by atoms with Crippen LogP contribution >= 0.6 is 0 Å². The lowest BCUT2D eigenvalue weighted by Crippen LogP contribution is -2.24. The number of cyclic esters (lactones) is 1. The number of benzene rings is 2. The van der Waals surface area contributed by atoms with Gasteiger partial charge in [-0.3, -0.25) is 14.9 Å². The van der Waals surface area contributed by atoms with E-state index in [0.717, 1.165) is 16.7 Å². The highest BCUT2D eigenvalue weighted by Gasteiger charge is 2.42. The highest BCUT2D eigenvalue weighted by Crippen LogP contribution is 2.41. The molecular formula is C19H19NO4. The summed E-state index contributed by atoms with van der Waals surface area (Å²) in [6, 6.07) is 17.1. The van der Waals surface area contributed by atoms with E-state index in [2.05, 4.69) is 0 Å². The van der Waals surface area contributed by atoms with Crippen LogP contribution in [0.15, 0.2) is 54.6 Å². The summed E-state index contributed by atoms with van der Waals surface area (Å²) in [6.07, 6.45) is 0.137. The normalized spacial score (nSPS) is 21.3. The Kier molecular flexibility index (Phi) is 4.60. The second-order valence-corrected chi connectivity index (χ2v) is 6.21. The SMILES string of the molecule is Cc1ccc([C@@H](C[N+](=O)[O-])[C@H]2C[C@H](c3ccccc3)OC2=O)cc1. The molecule has 2 aromatic carbocycles. The van der Waals surface area contributed by atoms with E-state index >= 15 is 0 Å². The molecule has 0 N–H and O–H groups in total. The number of nitrogens with zero attached hydrogens (tertiary/aromatic N) is 1. The van der Waals surface area contributed by atoms with Gasteiger partial charge in [0.05, 0.1) is 11.8 Å². The fourth-order valence-corrected chi connectivity index (χ4v) is 3.24. The lowest BCUT2D eigenvalue weighted by atomic mass is 9.83. The van der Waals surface area contributed by atoms with E-state index in [4.69, 9.17) is 4.74 Å². The zero-order valence-electron chi connectivity index (χ0n) is 13.4. The predicted molar refractivity (Wildman–Crippen MR) is 89.2 cm³/mol. The van der Waals surface area contributed by atoms with E-state index in [9.17, 15) is 14.9 Å². The van der Waals surface area contributed by atoms with E-state index in [-0.39, 0.29) is 23.5 Å². The fraction of sp³-hybridized carbons (Fsp3) is 0.316. The third-order valence-electron chi connectivity index (χ3n) is 4.54. The Labute approximate surface area is 140 Å². The van der Waals surface area contributed by atoms with Crippen LogP contribution in [0.5, 0.6) is 0 Å². The number of aryl methyl sites for hydroxylation is 1. The molecule has 0 saturated carbocycles. The highest BCUT2D eigenvalue weighted by molar-refractivity contribution is 5.76. The van der Waals surface area contributed by atoms with Crippen LogP contribution in [0.2, 0.25) is 0 Å². The van der Waals surface area contributed by atoms with Crippen molar-refractivity contribution < 1.29 is 14.5 Å². The molecular weight excluding hydrogens is 306 g/mol. The van der Waals surface area contributed by atoms with Crippen molar-refractivity contribution in [3.63, 3.8) is 0 Å². The second kappa shape index (κ2) is 6.83. The minimum absolute atomic E-state index is 0.273. The van der Waals surface area contributed by atoms with Gasteiger partial charge < -0.3 is 4.74 Å². The Morgan fingerprint density at radius 3 is 2.46 bits per heavy atom. The van der Waals surface area contributed by atoms with E-state index in [1.165, 1.54) is 0 Å². The number of nitro groups is 1. The molecule has 1 saturated heterocycles. The van der Waals surface area contributed by atoms with E-state index in [0.29, 0.717) is 6.42 Å². The zero-order chi connectivity index (χ0) is 17.1. The maximum Gasteiger partial charge on any atom is 0.310 e. The summed E-state index contributed by atoms with van der Waals surface area (Å²) < 4.78 is 5.51. The number of carbonyl (C=O) groups is 1. The van der Waals surface area contributed by atoms with Crippen molar-refractivity contribution in [1.29, 1.82) is 0 Å². The molecule has 3 atom stereocenters. The van der Waals surface area contributed by atoms with E-state index in [1.54, 1.807) is 0 Å². The van der Waals surface area contributed by atoms with Gasteiger partial charge in [-0.05, 0) is 18.1 Å². The first-order valence-electron chi connectivity index (χ1n) is 7.98. The Hall–Kier alpha value is -2.69. The van der Waals surface area contributed by atoms with Crippen LogP contribution < -0.4 is 0 Å². The minimum Gasteiger partial charge on any atom is -0.457 e. The van der Waals surface area contributed by atoms with Gasteiger partial charge in [0.15, 0.2) is 0 Å². The largest absolute Gasteiger partial charge is 0.457 e. The second-order valence-electron chi connectivity index (χ2n) is 6.21. The molecule has 1 aliphatic rings. The van der Waals surface area contributed by atoms with Gasteiger partial charge in [-0.15, -0.1) is 0 Å². The topological polar surface area (TPSA) is 69.4 Å². The molecule has 1 fully saturated rings. The van der Waals surface area contributed by atoms with Crippen LogP contribution in [0.1, 0.15) is 35.1 Å². The highest BCUT2D eigenvalue weighted by atomic mass is 16.6. The predicted octanol–water partition coefficient (Wildman–Crippen LogP) is 3.66. The molecule has 0 unspecified atom stereocenters. The van der Waals surface area contributed by atoms with Crippen molar-refractivity contribution in [3.8, 4) is 0 Å². The lowest BCUT2D eigenvalue weighted by Gasteiger charge is -2.17. The smallest absolute Gasteiger partial charge is 0.310 e. The van der Waals surface area contributed by atoms with Crippen molar-refractivity contribution in [2.24, 2.45) is 5.92 Å². The van der Waals surface area contributed by atoms with Crippen molar-refractivity contribution in [2.45, 2.75) is 25.4 Å². The van der Waals surface area contributed by atoms with Crippen LogP contribution in [0.3, 0.4) is 0 Å². The van der Waals surface area contributed by atoms with Gasteiger partial charge in [0.2, 0.25) is 6.54 Å². The average Bonchev–Trinajstić information content (AvgIpc) is 2.96. The molecule has 0 aliphatic carbocycles. The molecule has 1 aliphatic heterocycles. The molecule has 1 heterocycles. The Balaban J connectivity index is 1.86. The summed E-state index contributed by atoms with van der Waals surface area (Å²) >= 11 is 0. The van der Waals surface area contributed by atoms with Crippen LogP contribution in [0.25, 0.3) is 0 Å². The Morgan fingerprint density at radius 2 is 1.83 bits per heavy atom. The molecule has 0 amide bonds. The number of rotatable bonds is 5. The summed E-state index contributed by atoms with van der Waals surface area (Å²) in [6.45, 7) is 1.69. The third-order valence-corrected chi connectivity index (χ3v) is 4.54. The number of esters is 1. The summed E-state index contributed by atoms with van der Waals surface area (Å²) in [5, 5.41) is 11.1. The van der Waals surface area contributed by atoms with Gasteiger partial charge in [-0.2, -0.15) is 0 Å². The zero-order valence-corrected chi connectivity index (χ0v) is 13.4. The van der Waals surface area contributed by atoms with Crippen molar-refractivity contribution in [3.05, 3.63) is 81.4 Å². The standard InChI is InChI=1S/C19H19NO4/c1-13-7-9-14(10-8-13)17(12-20(22)23)16-11-18(24-19(16)21)15-5-3-2-4-6-15/h2-10,16-18H,11-12H2,1H3/t16-,17-,18-/m1/s1. The maximum absolute atomic E-state index is 12.4. The van der Waals surface area contributed by atoms with Crippen molar-refractivity contribution in [1.82, 2.24) is 0 Å². The summed E-state index contributed by atoms with van der Waals surface area (Å²) in [5.41, 5.74) is 2.82. The number of ether oxygens (including phenoxy) is 1. The molecule has 124 valence electrons. The number of hydrogen-bond donors (Lipinski definition) is 0. The van der Waals surface area contributed by atoms with Gasteiger partial charge in [0, 0.05) is 11.3 Å². The first-order chi connectivity index (χ1) is 11.5. The van der Waals surface area contributed by atoms with Crippen LogP contribution in [-0.2, 0) is 9.53 Å². The van der Waals surface area contributed by atoms with Crippen molar-refractivity contribution >= 4 is 5.97 Å². The van der Waals surface area contributed by atoms with Crippen molar-refractivity contribution in [2.75, 3.05) is 6.54 Å². The van der Waals surface area contributed by atoms with Gasteiger partial charge in [0.1, 0.15) is 6.10 Å². The molecule has 0 radical (unpaired) electrons. The molecule has 0 bridgehead atoms. The molecule has 5 heteroatoms. The van der Waals surface area contributed by atoms with Gasteiger partial charge >= 0.3 is 5.97 Å². The summed E-state index contributed by atoms with van der Waals surface area (Å²) in [5.74, 6) is -1.32. The Bertz CT molecular complexity index is 727. The molecule has 24 heavy (non-hydrogen) atoms. The van der Waals surface area contributed by atoms with Gasteiger partial charge in [0.25, 0.3) is 0 Å². The molecule has 3 rings (SSSR count). The summed E-state index contributed by atoms with van der Waals surface area (Å²) in [7, 11) is 0. The summed E-state index contributed by atoms with van der Waals surface area (Å²) in [4.78, 5) is 23.1. The van der Waals surface area contributed by atoms with Crippen LogP contribution in [0.4, 0.5) is 0 Å². The molecule has 0 aromatic heterocycles. The molecule has 0 spiro atoms. The average molecular weight is 325 g/mol. The lowest BCUT2D eigenvalue weighted by molar-refractivity contribution is -0.484. The molecule has 5 nitrogen and oxygen atoms in total.